The van der Waals surface area contributed by atoms with Gasteiger partial charge in [-0.3, -0.25) is 9.47 Å². The molecule has 0 saturated carbocycles. The first-order valence-corrected chi connectivity index (χ1v) is 11.2. The number of hydrogen-bond donors (Lipinski definition) is 0. The minimum Gasteiger partial charge on any atom is -0.373 e. The van der Waals surface area contributed by atoms with Gasteiger partial charge in [0.1, 0.15) is 5.82 Å². The lowest BCUT2D eigenvalue weighted by atomic mass is 9.99. The number of alkyl halides is 2. The zero-order valence-electron chi connectivity index (χ0n) is 18.5. The van der Waals surface area contributed by atoms with E-state index >= 15 is 0 Å². The summed E-state index contributed by atoms with van der Waals surface area (Å²) in [6.45, 7) is 3.00. The number of aromatic nitrogens is 3. The van der Waals surface area contributed by atoms with Crippen molar-refractivity contribution in [1.29, 1.82) is 0 Å². The van der Waals surface area contributed by atoms with Crippen LogP contribution in [-0.2, 0) is 24.9 Å². The van der Waals surface area contributed by atoms with Gasteiger partial charge in [0.2, 0.25) is 0 Å². The highest BCUT2D eigenvalue weighted by Crippen LogP contribution is 2.37. The molecule has 2 aliphatic rings. The quantitative estimate of drug-likeness (QED) is 0.621. The molecular weight excluding hydrogens is 418 g/mol. The average molecular weight is 449 g/mol. The lowest BCUT2D eigenvalue weighted by Crippen LogP contribution is -2.46. The van der Waals surface area contributed by atoms with Gasteiger partial charge in [-0.1, -0.05) is 24.3 Å². The van der Waals surface area contributed by atoms with Crippen molar-refractivity contribution in [2.24, 2.45) is 7.05 Å². The molecule has 2 atom stereocenters. The number of nitrogens with zero attached hydrogens (tertiary/aromatic N) is 4. The van der Waals surface area contributed by atoms with Crippen LogP contribution in [0.3, 0.4) is 0 Å². The van der Waals surface area contributed by atoms with Gasteiger partial charge in [0.05, 0.1) is 12.7 Å². The highest BCUT2D eigenvalue weighted by Gasteiger charge is 2.40. The number of hydrogen-bond acceptors (Lipinski definition) is 5. The molecule has 0 spiro atoms. The molecule has 0 amide bonds. The normalized spacial score (nSPS) is 23.2. The third kappa shape index (κ3) is 4.68. The largest absolute Gasteiger partial charge is 0.373 e. The van der Waals surface area contributed by atoms with Crippen LogP contribution in [0.4, 0.5) is 8.78 Å². The van der Waals surface area contributed by atoms with E-state index in [0.29, 0.717) is 36.4 Å². The van der Waals surface area contributed by atoms with Crippen molar-refractivity contribution in [2.45, 2.75) is 76.8 Å². The predicted octanol–water partition coefficient (Wildman–Crippen LogP) is 2.79. The van der Waals surface area contributed by atoms with E-state index in [2.05, 4.69) is 9.88 Å². The van der Waals surface area contributed by atoms with E-state index < -0.39 is 12.1 Å². The molecule has 0 N–H and O–H groups in total. The maximum Gasteiger partial charge on any atom is 0.353 e. The fraction of sp³-hybridized carbons (Fsp3) is 0.609. The van der Waals surface area contributed by atoms with Crippen LogP contribution in [0, 0.1) is 6.92 Å². The number of benzene rings is 1. The van der Waals surface area contributed by atoms with Crippen LogP contribution < -0.4 is 11.4 Å². The molecule has 1 aromatic heterocycles. The molecule has 3 heterocycles. The van der Waals surface area contributed by atoms with E-state index in [4.69, 9.17) is 4.74 Å². The molecule has 2 aliphatic heterocycles. The van der Waals surface area contributed by atoms with Crippen molar-refractivity contribution in [1.82, 2.24) is 19.0 Å². The van der Waals surface area contributed by atoms with Crippen LogP contribution in [0.1, 0.15) is 55.5 Å². The Morgan fingerprint density at radius 3 is 2.50 bits per heavy atom. The summed E-state index contributed by atoms with van der Waals surface area (Å²) in [7, 11) is 1.62. The first-order valence-electron chi connectivity index (χ1n) is 11.2. The van der Waals surface area contributed by atoms with Crippen molar-refractivity contribution < 1.29 is 13.5 Å². The van der Waals surface area contributed by atoms with Gasteiger partial charge in [-0.05, 0) is 44.6 Å². The van der Waals surface area contributed by atoms with Gasteiger partial charge in [-0.25, -0.2) is 22.9 Å². The Morgan fingerprint density at radius 1 is 1.12 bits per heavy atom. The van der Waals surface area contributed by atoms with Crippen LogP contribution in [0.5, 0.6) is 0 Å². The second-order valence-corrected chi connectivity index (χ2v) is 8.82. The first kappa shape index (κ1) is 22.8. The number of fused-ring (bicyclic) bond motifs is 2. The molecule has 0 aliphatic carbocycles. The highest BCUT2D eigenvalue weighted by atomic mass is 19.3. The first-order chi connectivity index (χ1) is 15.3. The molecule has 2 aromatic rings. The smallest absolute Gasteiger partial charge is 0.353 e. The molecule has 32 heavy (non-hydrogen) atoms. The summed E-state index contributed by atoms with van der Waals surface area (Å²) < 4.78 is 35.1. The van der Waals surface area contributed by atoms with Crippen molar-refractivity contribution in [3.63, 3.8) is 0 Å². The summed E-state index contributed by atoms with van der Waals surface area (Å²) >= 11 is 0. The fourth-order valence-corrected chi connectivity index (χ4v) is 5.09. The standard InChI is InChI=1S/C23H30F2N4O3/c1-15-26-22(30)29(23(31)27(15)2)11-5-10-28-17-8-9-18(28)13-19(12-17)32-14-16-6-3-4-7-20(16)21(24)25/h3-4,6-7,17-19,21H,5,8-14H2,1-2H3. The molecule has 2 unspecified atom stereocenters. The lowest BCUT2D eigenvalue weighted by Gasteiger charge is -2.39. The molecule has 4 rings (SSSR count). The van der Waals surface area contributed by atoms with E-state index in [-0.39, 0.29) is 24.0 Å². The topological polar surface area (TPSA) is 69.4 Å². The minimum absolute atomic E-state index is 0.0416. The molecule has 0 radical (unpaired) electrons. The van der Waals surface area contributed by atoms with Crippen LogP contribution in [0.25, 0.3) is 0 Å². The predicted molar refractivity (Wildman–Crippen MR) is 116 cm³/mol. The molecular formula is C23H30F2N4O3. The minimum atomic E-state index is -2.50. The van der Waals surface area contributed by atoms with Crippen LogP contribution in [-0.4, -0.2) is 43.8 Å². The summed E-state index contributed by atoms with van der Waals surface area (Å²) in [6, 6.07) is 7.33. The van der Waals surface area contributed by atoms with Crippen molar-refractivity contribution in [3.05, 3.63) is 62.2 Å². The summed E-state index contributed by atoms with van der Waals surface area (Å²) in [4.78, 5) is 30.8. The van der Waals surface area contributed by atoms with Crippen LogP contribution in [0.15, 0.2) is 33.9 Å². The lowest BCUT2D eigenvalue weighted by molar-refractivity contribution is -0.0294. The van der Waals surface area contributed by atoms with Gasteiger partial charge in [-0.2, -0.15) is 4.98 Å². The Hall–Kier alpha value is -2.39. The van der Waals surface area contributed by atoms with Gasteiger partial charge in [0.15, 0.2) is 0 Å². The molecule has 2 saturated heterocycles. The third-order valence-corrected chi connectivity index (χ3v) is 6.90. The third-order valence-electron chi connectivity index (χ3n) is 6.90. The Bertz CT molecular complexity index is 1050. The Morgan fingerprint density at radius 2 is 1.81 bits per heavy atom. The molecule has 2 bridgehead atoms. The van der Waals surface area contributed by atoms with Crippen molar-refractivity contribution >= 4 is 0 Å². The van der Waals surface area contributed by atoms with Gasteiger partial charge in [0, 0.05) is 37.8 Å². The number of ether oxygens (including phenoxy) is 1. The SMILES string of the molecule is Cc1nc(=O)n(CCCN2C3CCC2CC(OCc2ccccc2C(F)F)C3)c(=O)n1C. The number of rotatable bonds is 8. The van der Waals surface area contributed by atoms with E-state index in [1.165, 1.54) is 15.2 Å². The van der Waals surface area contributed by atoms with Crippen LogP contribution in [0.2, 0.25) is 0 Å². The van der Waals surface area contributed by atoms with E-state index in [0.717, 1.165) is 32.2 Å². The zero-order chi connectivity index (χ0) is 22.8. The monoisotopic (exact) mass is 448 g/mol. The maximum absolute atomic E-state index is 13.2. The molecule has 7 nitrogen and oxygen atoms in total. The Balaban J connectivity index is 1.31. The van der Waals surface area contributed by atoms with Gasteiger partial charge < -0.3 is 4.74 Å². The van der Waals surface area contributed by atoms with E-state index in [1.807, 2.05) is 0 Å². The Labute approximate surface area is 185 Å². The maximum atomic E-state index is 13.2. The van der Waals surface area contributed by atoms with Crippen molar-refractivity contribution in [2.75, 3.05) is 6.54 Å². The second-order valence-electron chi connectivity index (χ2n) is 8.82. The highest BCUT2D eigenvalue weighted by molar-refractivity contribution is 5.27. The number of aryl methyl sites for hydroxylation is 1. The van der Waals surface area contributed by atoms with Gasteiger partial charge in [-0.15, -0.1) is 0 Å². The van der Waals surface area contributed by atoms with Crippen LogP contribution >= 0.6 is 0 Å². The van der Waals surface area contributed by atoms with E-state index in [9.17, 15) is 18.4 Å². The van der Waals surface area contributed by atoms with Crippen molar-refractivity contribution in [3.8, 4) is 0 Å². The number of halogens is 2. The summed E-state index contributed by atoms with van der Waals surface area (Å²) in [5.41, 5.74) is -0.234. The summed E-state index contributed by atoms with van der Waals surface area (Å²) in [6.07, 6.45) is 2.19. The summed E-state index contributed by atoms with van der Waals surface area (Å²) in [5.74, 6) is 0.410. The summed E-state index contributed by atoms with van der Waals surface area (Å²) in [5, 5.41) is 0. The Kier molecular flexibility index (Phi) is 6.85. The molecule has 1 aromatic carbocycles. The molecule has 9 heteroatoms. The zero-order valence-corrected chi connectivity index (χ0v) is 18.5. The number of piperidine rings is 1. The molecule has 174 valence electrons. The second kappa shape index (κ2) is 9.62. The van der Waals surface area contributed by atoms with Gasteiger partial charge >= 0.3 is 11.4 Å². The van der Waals surface area contributed by atoms with E-state index in [1.54, 1.807) is 32.2 Å². The average Bonchev–Trinajstić information content (AvgIpc) is 3.00. The molecule has 2 fully saturated rings. The fourth-order valence-electron chi connectivity index (χ4n) is 5.09. The van der Waals surface area contributed by atoms with Gasteiger partial charge in [0.25, 0.3) is 6.43 Å².